The molecule has 2 heterocycles. The van der Waals surface area contributed by atoms with E-state index in [9.17, 15) is 9.18 Å². The highest BCUT2D eigenvalue weighted by atomic mass is 79.9. The van der Waals surface area contributed by atoms with E-state index < -0.39 is 0 Å². The molecular weight excluding hydrogens is 331 g/mol. The highest BCUT2D eigenvalue weighted by molar-refractivity contribution is 9.10. The van der Waals surface area contributed by atoms with E-state index in [2.05, 4.69) is 20.9 Å². The smallest absolute Gasteiger partial charge is 0.273 e. The van der Waals surface area contributed by atoms with Gasteiger partial charge in [0.25, 0.3) is 5.91 Å². The van der Waals surface area contributed by atoms with E-state index in [1.807, 2.05) is 0 Å². The zero-order valence-electron chi connectivity index (χ0n) is 9.90. The Kier molecular flexibility index (Phi) is 3.36. The lowest BCUT2D eigenvalue weighted by Crippen LogP contribution is -2.36. The van der Waals surface area contributed by atoms with Crippen LogP contribution in [0.15, 0.2) is 27.5 Å². The Labute approximate surface area is 122 Å². The lowest BCUT2D eigenvalue weighted by molar-refractivity contribution is 0.0727. The van der Waals surface area contributed by atoms with Gasteiger partial charge in [0.15, 0.2) is 0 Å². The van der Waals surface area contributed by atoms with E-state index in [1.165, 1.54) is 17.4 Å². The summed E-state index contributed by atoms with van der Waals surface area (Å²) >= 11 is 4.81. The maximum absolute atomic E-state index is 13.9. The van der Waals surface area contributed by atoms with Crippen molar-refractivity contribution in [1.29, 1.82) is 0 Å². The average molecular weight is 341 g/mol. The quantitative estimate of drug-likeness (QED) is 0.798. The number of hydrogen-bond acceptors (Lipinski definition) is 3. The minimum Gasteiger partial charge on any atom is -0.333 e. The molecule has 1 aromatic heterocycles. The van der Waals surface area contributed by atoms with Gasteiger partial charge in [-0.25, -0.2) is 9.37 Å². The molecule has 19 heavy (non-hydrogen) atoms. The number of halogens is 2. The third-order valence-electron chi connectivity index (χ3n) is 3.24. The SMILES string of the molecule is O=C(c1cscn1)N1CCc2c(Br)ccc(F)c2C1. The van der Waals surface area contributed by atoms with Gasteiger partial charge < -0.3 is 4.90 Å². The van der Waals surface area contributed by atoms with Crippen LogP contribution >= 0.6 is 27.3 Å². The minimum atomic E-state index is -0.256. The van der Waals surface area contributed by atoms with Crippen molar-refractivity contribution in [2.45, 2.75) is 13.0 Å². The van der Waals surface area contributed by atoms with E-state index >= 15 is 0 Å². The monoisotopic (exact) mass is 340 g/mol. The molecule has 0 radical (unpaired) electrons. The highest BCUT2D eigenvalue weighted by Crippen LogP contribution is 2.29. The number of fused-ring (bicyclic) bond motifs is 1. The van der Waals surface area contributed by atoms with Gasteiger partial charge in [0, 0.05) is 28.5 Å². The number of carbonyl (C=O) groups is 1. The second-order valence-corrected chi connectivity index (χ2v) is 5.91. The minimum absolute atomic E-state index is 0.133. The lowest BCUT2D eigenvalue weighted by Gasteiger charge is -2.29. The molecule has 1 aromatic carbocycles. The van der Waals surface area contributed by atoms with Crippen LogP contribution in [0, 0.1) is 5.82 Å². The Hall–Kier alpha value is -1.27. The molecule has 3 rings (SSSR count). The number of carbonyl (C=O) groups excluding carboxylic acids is 1. The van der Waals surface area contributed by atoms with Crippen molar-refractivity contribution in [2.24, 2.45) is 0 Å². The van der Waals surface area contributed by atoms with E-state index in [1.54, 1.807) is 21.9 Å². The van der Waals surface area contributed by atoms with Gasteiger partial charge in [0.1, 0.15) is 11.5 Å². The molecule has 0 atom stereocenters. The van der Waals surface area contributed by atoms with E-state index in [0.717, 1.165) is 10.0 Å². The molecule has 1 amide bonds. The van der Waals surface area contributed by atoms with Crippen LogP contribution in [-0.4, -0.2) is 22.3 Å². The first-order valence-electron chi connectivity index (χ1n) is 5.80. The van der Waals surface area contributed by atoms with Crippen LogP contribution in [0.1, 0.15) is 21.6 Å². The van der Waals surface area contributed by atoms with Gasteiger partial charge in [-0.05, 0) is 24.1 Å². The number of amides is 1. The maximum atomic E-state index is 13.9. The van der Waals surface area contributed by atoms with Gasteiger partial charge in [0.2, 0.25) is 0 Å². The topological polar surface area (TPSA) is 33.2 Å². The van der Waals surface area contributed by atoms with E-state index in [-0.39, 0.29) is 11.7 Å². The third kappa shape index (κ3) is 2.30. The number of benzene rings is 1. The third-order valence-corrected chi connectivity index (χ3v) is 4.57. The molecule has 1 aliphatic rings. The number of thiazole rings is 1. The second kappa shape index (κ2) is 5.02. The predicted molar refractivity (Wildman–Crippen MR) is 74.7 cm³/mol. The summed E-state index contributed by atoms with van der Waals surface area (Å²) in [4.78, 5) is 17.9. The van der Waals surface area contributed by atoms with Crippen molar-refractivity contribution in [3.63, 3.8) is 0 Å². The summed E-state index contributed by atoms with van der Waals surface area (Å²) in [6, 6.07) is 3.14. The van der Waals surface area contributed by atoms with Crippen LogP contribution in [0.3, 0.4) is 0 Å². The number of aromatic nitrogens is 1. The Morgan fingerprint density at radius 3 is 3.00 bits per heavy atom. The molecule has 0 spiro atoms. The molecule has 0 saturated heterocycles. The van der Waals surface area contributed by atoms with Crippen LogP contribution in [0.5, 0.6) is 0 Å². The van der Waals surface area contributed by atoms with Crippen molar-refractivity contribution >= 4 is 33.2 Å². The summed E-state index contributed by atoms with van der Waals surface area (Å²) in [6.07, 6.45) is 0.656. The van der Waals surface area contributed by atoms with Crippen LogP contribution in [0.4, 0.5) is 4.39 Å². The summed E-state index contributed by atoms with van der Waals surface area (Å²) in [5.74, 6) is -0.389. The molecule has 0 unspecified atom stereocenters. The lowest BCUT2D eigenvalue weighted by atomic mass is 9.99. The van der Waals surface area contributed by atoms with Gasteiger partial charge in [-0.3, -0.25) is 4.79 Å². The molecule has 0 aliphatic carbocycles. The molecule has 0 bridgehead atoms. The molecule has 98 valence electrons. The highest BCUT2D eigenvalue weighted by Gasteiger charge is 2.26. The fourth-order valence-corrected chi connectivity index (χ4v) is 3.34. The summed E-state index contributed by atoms with van der Waals surface area (Å²) in [7, 11) is 0. The molecule has 0 fully saturated rings. The molecule has 2 aromatic rings. The average Bonchev–Trinajstić information content (AvgIpc) is 2.96. The normalized spacial score (nSPS) is 14.3. The first kappa shape index (κ1) is 12.7. The Morgan fingerprint density at radius 2 is 2.26 bits per heavy atom. The first-order chi connectivity index (χ1) is 9.16. The summed E-state index contributed by atoms with van der Waals surface area (Å²) in [6.45, 7) is 0.891. The van der Waals surface area contributed by atoms with Crippen molar-refractivity contribution in [3.8, 4) is 0 Å². The number of nitrogens with zero attached hydrogens (tertiary/aromatic N) is 2. The Bertz CT molecular complexity index is 630. The fourth-order valence-electron chi connectivity index (χ4n) is 2.25. The van der Waals surface area contributed by atoms with E-state index in [4.69, 9.17) is 0 Å². The van der Waals surface area contributed by atoms with Gasteiger partial charge in [-0.2, -0.15) is 0 Å². The van der Waals surface area contributed by atoms with Crippen LogP contribution in [0.25, 0.3) is 0 Å². The molecule has 6 heteroatoms. The largest absolute Gasteiger partial charge is 0.333 e. The molecule has 1 aliphatic heterocycles. The fraction of sp³-hybridized carbons (Fsp3) is 0.231. The van der Waals surface area contributed by atoms with Crippen LogP contribution < -0.4 is 0 Å². The maximum Gasteiger partial charge on any atom is 0.273 e. The van der Waals surface area contributed by atoms with Gasteiger partial charge in [-0.1, -0.05) is 15.9 Å². The van der Waals surface area contributed by atoms with Crippen LogP contribution in [-0.2, 0) is 13.0 Å². The summed E-state index contributed by atoms with van der Waals surface area (Å²) in [5.41, 5.74) is 3.62. The molecule has 3 nitrogen and oxygen atoms in total. The molecule has 0 saturated carbocycles. The summed E-state index contributed by atoms with van der Waals surface area (Å²) < 4.78 is 14.8. The zero-order valence-corrected chi connectivity index (χ0v) is 12.3. The van der Waals surface area contributed by atoms with Crippen molar-refractivity contribution in [3.05, 3.63) is 50.1 Å². The predicted octanol–water partition coefficient (Wildman–Crippen LogP) is 3.24. The van der Waals surface area contributed by atoms with Gasteiger partial charge in [-0.15, -0.1) is 11.3 Å². The van der Waals surface area contributed by atoms with Crippen molar-refractivity contribution in [1.82, 2.24) is 9.88 Å². The Balaban J connectivity index is 1.90. The number of rotatable bonds is 1. The van der Waals surface area contributed by atoms with Crippen molar-refractivity contribution < 1.29 is 9.18 Å². The number of hydrogen-bond donors (Lipinski definition) is 0. The van der Waals surface area contributed by atoms with Crippen LogP contribution in [0.2, 0.25) is 0 Å². The summed E-state index contributed by atoms with van der Waals surface area (Å²) in [5, 5.41) is 1.72. The van der Waals surface area contributed by atoms with E-state index in [0.29, 0.717) is 30.8 Å². The zero-order chi connectivity index (χ0) is 13.4. The second-order valence-electron chi connectivity index (χ2n) is 4.34. The van der Waals surface area contributed by atoms with Gasteiger partial charge >= 0.3 is 0 Å². The Morgan fingerprint density at radius 1 is 1.42 bits per heavy atom. The molecule has 0 N–H and O–H groups in total. The molecular formula is C13H10BrFN2OS. The van der Waals surface area contributed by atoms with Gasteiger partial charge in [0.05, 0.1) is 5.51 Å². The van der Waals surface area contributed by atoms with Crippen molar-refractivity contribution in [2.75, 3.05) is 6.54 Å². The first-order valence-corrected chi connectivity index (χ1v) is 7.53. The standard InChI is InChI=1S/C13H10BrFN2OS/c14-10-1-2-11(15)9-5-17(4-3-8(9)10)13(18)12-6-19-7-16-12/h1-2,6-7H,3-5H2.